The predicted molar refractivity (Wildman–Crippen MR) is 34.9 cm³/mol. The van der Waals surface area contributed by atoms with Crippen LogP contribution in [0.15, 0.2) is 12.7 Å². The molecule has 0 aromatic heterocycles. The highest BCUT2D eigenvalue weighted by Gasteiger charge is 2.12. The molecule has 0 fully saturated rings. The van der Waals surface area contributed by atoms with Gasteiger partial charge in [-0.05, 0) is 0 Å². The van der Waals surface area contributed by atoms with Gasteiger partial charge in [-0.25, -0.2) is 0 Å². The van der Waals surface area contributed by atoms with Crippen molar-refractivity contribution < 1.29 is 14.7 Å². The second-order valence-electron chi connectivity index (χ2n) is 1.20. The molecule has 0 aromatic carbocycles. The van der Waals surface area contributed by atoms with Gasteiger partial charge in [0.2, 0.25) is 0 Å². The average Bonchev–Trinajstić information content (AvgIpc) is 1.82. The van der Waals surface area contributed by atoms with Gasteiger partial charge in [0.05, 0.1) is 0 Å². The number of carboxylic acid groups (broad SMARTS) is 1. The van der Waals surface area contributed by atoms with Crippen LogP contribution in [-0.2, 0) is 9.59 Å². The van der Waals surface area contributed by atoms with Crippen LogP contribution in [0.5, 0.6) is 0 Å². The molecule has 0 saturated heterocycles. The third kappa shape index (κ3) is 2.92. The molecule has 3 nitrogen and oxygen atoms in total. The standard InChI is InChI=1S/C5H5O3S/c1-2-4(5(7)8)9-3-6/h2,4H,1H2,(H,7,8). The van der Waals surface area contributed by atoms with Gasteiger partial charge in [0.1, 0.15) is 5.25 Å². The van der Waals surface area contributed by atoms with E-state index < -0.39 is 11.2 Å². The highest BCUT2D eigenvalue weighted by atomic mass is 32.2. The fourth-order valence-electron chi connectivity index (χ4n) is 0.251. The normalized spacial score (nSPS) is 12.0. The van der Waals surface area contributed by atoms with E-state index >= 15 is 0 Å². The van der Waals surface area contributed by atoms with E-state index in [2.05, 4.69) is 6.58 Å². The molecule has 1 atom stereocenters. The van der Waals surface area contributed by atoms with Gasteiger partial charge in [-0.15, -0.1) is 6.58 Å². The van der Waals surface area contributed by atoms with Crippen molar-refractivity contribution in [2.24, 2.45) is 0 Å². The Balaban J connectivity index is 3.81. The van der Waals surface area contributed by atoms with Gasteiger partial charge >= 0.3 is 5.97 Å². The zero-order chi connectivity index (χ0) is 7.28. The highest BCUT2D eigenvalue weighted by Crippen LogP contribution is 2.06. The second kappa shape index (κ2) is 4.14. The average molecular weight is 145 g/mol. The van der Waals surface area contributed by atoms with Crippen LogP contribution in [0.2, 0.25) is 0 Å². The summed E-state index contributed by atoms with van der Waals surface area (Å²) in [6.45, 7) is 3.22. The molecule has 0 rings (SSSR count). The van der Waals surface area contributed by atoms with Crippen LogP contribution < -0.4 is 0 Å². The van der Waals surface area contributed by atoms with Crippen LogP contribution >= 0.6 is 11.8 Å². The first kappa shape index (κ1) is 8.23. The lowest BCUT2D eigenvalue weighted by atomic mass is 10.4. The van der Waals surface area contributed by atoms with E-state index in [1.807, 2.05) is 0 Å². The van der Waals surface area contributed by atoms with E-state index in [1.165, 1.54) is 11.7 Å². The van der Waals surface area contributed by atoms with Gasteiger partial charge in [0.25, 0.3) is 5.62 Å². The zero-order valence-electron chi connectivity index (χ0n) is 4.53. The third-order valence-electron chi connectivity index (χ3n) is 0.633. The van der Waals surface area contributed by atoms with E-state index in [9.17, 15) is 9.59 Å². The fraction of sp³-hybridized carbons (Fsp3) is 0.200. The Hall–Kier alpha value is -0.770. The summed E-state index contributed by atoms with van der Waals surface area (Å²) in [6.07, 6.45) is 1.18. The van der Waals surface area contributed by atoms with Crippen molar-refractivity contribution in [3.8, 4) is 0 Å². The minimum absolute atomic E-state index is 0.561. The molecule has 0 bridgehead atoms. The van der Waals surface area contributed by atoms with E-state index in [1.54, 1.807) is 0 Å². The molecule has 1 radical (unpaired) electrons. The maximum absolute atomic E-state index is 10.0. The molecule has 49 valence electrons. The van der Waals surface area contributed by atoms with Crippen LogP contribution in [-0.4, -0.2) is 21.9 Å². The van der Waals surface area contributed by atoms with Gasteiger partial charge in [-0.3, -0.25) is 9.59 Å². The van der Waals surface area contributed by atoms with Crippen LogP contribution in [0, 0.1) is 0 Å². The Labute approximate surface area is 56.7 Å². The topological polar surface area (TPSA) is 54.4 Å². The van der Waals surface area contributed by atoms with Crippen LogP contribution in [0.1, 0.15) is 0 Å². The Morgan fingerprint density at radius 1 is 1.89 bits per heavy atom. The lowest BCUT2D eigenvalue weighted by Gasteiger charge is -1.96. The molecular formula is C5H5O3S. The van der Waals surface area contributed by atoms with E-state index in [4.69, 9.17) is 5.11 Å². The number of thioether (sulfide) groups is 1. The lowest BCUT2D eigenvalue weighted by Crippen LogP contribution is -2.12. The number of hydrogen-bond donors (Lipinski definition) is 1. The molecule has 0 spiro atoms. The van der Waals surface area contributed by atoms with Crippen LogP contribution in [0.4, 0.5) is 0 Å². The molecule has 1 unspecified atom stereocenters. The van der Waals surface area contributed by atoms with E-state index in [0.717, 1.165) is 0 Å². The molecule has 9 heavy (non-hydrogen) atoms. The Kier molecular flexibility index (Phi) is 3.79. The largest absolute Gasteiger partial charge is 0.480 e. The smallest absolute Gasteiger partial charge is 0.321 e. The maximum atomic E-state index is 10.0. The molecular weight excluding hydrogens is 140 g/mol. The SMILES string of the molecule is C=CC(S[C]=O)C(=O)O. The van der Waals surface area contributed by atoms with Crippen molar-refractivity contribution in [3.63, 3.8) is 0 Å². The predicted octanol–water partition coefficient (Wildman–Crippen LogP) is 0.426. The zero-order valence-corrected chi connectivity index (χ0v) is 5.35. The molecule has 0 amide bonds. The van der Waals surface area contributed by atoms with Gasteiger partial charge in [0.15, 0.2) is 0 Å². The molecule has 4 heteroatoms. The molecule has 0 aromatic rings. The highest BCUT2D eigenvalue weighted by molar-refractivity contribution is 8.13. The number of carbonyl (C=O) groups is 1. The molecule has 0 saturated carbocycles. The summed E-state index contributed by atoms with van der Waals surface area (Å²) in [7, 11) is 0. The summed E-state index contributed by atoms with van der Waals surface area (Å²) in [5.74, 6) is -1.07. The van der Waals surface area contributed by atoms with Crippen LogP contribution in [0.25, 0.3) is 0 Å². The van der Waals surface area contributed by atoms with E-state index in [-0.39, 0.29) is 0 Å². The monoisotopic (exact) mass is 145 g/mol. The first-order valence-corrected chi connectivity index (χ1v) is 2.98. The van der Waals surface area contributed by atoms with Gasteiger partial charge in [0, 0.05) is 0 Å². The quantitative estimate of drug-likeness (QED) is 0.583. The van der Waals surface area contributed by atoms with Crippen molar-refractivity contribution in [3.05, 3.63) is 12.7 Å². The summed E-state index contributed by atoms with van der Waals surface area (Å²) in [6, 6.07) is 0. The van der Waals surface area contributed by atoms with Gasteiger partial charge < -0.3 is 5.11 Å². The minimum Gasteiger partial charge on any atom is -0.480 e. The first-order valence-electron chi connectivity index (χ1n) is 2.10. The number of aliphatic carboxylic acids is 1. The maximum Gasteiger partial charge on any atom is 0.321 e. The summed E-state index contributed by atoms with van der Waals surface area (Å²) >= 11 is 0.561. The lowest BCUT2D eigenvalue weighted by molar-refractivity contribution is -0.135. The summed E-state index contributed by atoms with van der Waals surface area (Å²) in [4.78, 5) is 19.7. The Morgan fingerprint density at radius 3 is 2.56 bits per heavy atom. The molecule has 1 N–H and O–H groups in total. The van der Waals surface area contributed by atoms with Crippen molar-refractivity contribution in [1.82, 2.24) is 0 Å². The third-order valence-corrected chi connectivity index (χ3v) is 1.38. The van der Waals surface area contributed by atoms with Crippen molar-refractivity contribution in [2.45, 2.75) is 5.25 Å². The Morgan fingerprint density at radius 2 is 2.44 bits per heavy atom. The van der Waals surface area contributed by atoms with Crippen molar-refractivity contribution >= 4 is 23.3 Å². The molecule has 0 heterocycles. The number of hydrogen-bond acceptors (Lipinski definition) is 3. The number of carbonyl (C=O) groups excluding carboxylic acids is 1. The summed E-state index contributed by atoms with van der Waals surface area (Å²) in [5, 5.41) is 7.37. The summed E-state index contributed by atoms with van der Waals surface area (Å²) < 4.78 is 0. The van der Waals surface area contributed by atoms with Crippen molar-refractivity contribution in [1.29, 1.82) is 0 Å². The van der Waals surface area contributed by atoms with Gasteiger partial charge in [-0.2, -0.15) is 0 Å². The fourth-order valence-corrected chi connectivity index (χ4v) is 0.552. The number of rotatable bonds is 4. The molecule has 0 aliphatic rings. The molecule has 0 aliphatic carbocycles. The van der Waals surface area contributed by atoms with Crippen LogP contribution in [0.3, 0.4) is 0 Å². The summed E-state index contributed by atoms with van der Waals surface area (Å²) in [5.41, 5.74) is 1.41. The number of carboxylic acids is 1. The van der Waals surface area contributed by atoms with E-state index in [0.29, 0.717) is 11.8 Å². The second-order valence-corrected chi connectivity index (χ2v) is 2.11. The first-order chi connectivity index (χ1) is 4.22. The Bertz CT molecular complexity index is 132. The van der Waals surface area contributed by atoms with Gasteiger partial charge in [-0.1, -0.05) is 17.8 Å². The van der Waals surface area contributed by atoms with Crippen molar-refractivity contribution in [2.75, 3.05) is 0 Å². The molecule has 0 aliphatic heterocycles. The minimum atomic E-state index is -1.07.